The molecule has 0 radical (unpaired) electrons. The van der Waals surface area contributed by atoms with Crippen LogP contribution in [0, 0.1) is 11.3 Å². The van der Waals surface area contributed by atoms with E-state index in [0.29, 0.717) is 17.7 Å². The first-order valence-corrected chi connectivity index (χ1v) is 4.46. The van der Waals surface area contributed by atoms with Crippen LogP contribution in [0.1, 0.15) is 17.5 Å². The normalized spacial score (nSPS) is 9.33. The molecule has 0 unspecified atom stereocenters. The molecule has 0 aromatic heterocycles. The molecule has 0 atom stereocenters. The molecule has 0 aliphatic heterocycles. The molecule has 1 aromatic carbocycles. The van der Waals surface area contributed by atoms with Crippen LogP contribution in [-0.4, -0.2) is 18.2 Å². The van der Waals surface area contributed by atoms with Gasteiger partial charge in [-0.3, -0.25) is 4.79 Å². The fraction of sp³-hybridized carbons (Fsp3) is 0.273. The van der Waals surface area contributed by atoms with E-state index in [2.05, 4.69) is 0 Å². The molecular formula is C11H11NO3. The largest absolute Gasteiger partial charge is 0.496 e. The molecule has 0 saturated carbocycles. The third-order valence-electron chi connectivity index (χ3n) is 2.02. The van der Waals surface area contributed by atoms with Crippen molar-refractivity contribution in [2.75, 3.05) is 7.11 Å². The van der Waals surface area contributed by atoms with E-state index < -0.39 is 5.97 Å². The van der Waals surface area contributed by atoms with Gasteiger partial charge in [-0.05, 0) is 30.2 Å². The lowest BCUT2D eigenvalue weighted by molar-refractivity contribution is -0.136. The lowest BCUT2D eigenvalue weighted by atomic mass is 10.1. The van der Waals surface area contributed by atoms with Gasteiger partial charge in [0, 0.05) is 6.42 Å². The molecule has 0 aliphatic rings. The highest BCUT2D eigenvalue weighted by Crippen LogP contribution is 2.20. The Labute approximate surface area is 87.7 Å². The van der Waals surface area contributed by atoms with E-state index in [1.54, 1.807) is 18.2 Å². The van der Waals surface area contributed by atoms with Crippen molar-refractivity contribution in [3.8, 4) is 11.8 Å². The van der Waals surface area contributed by atoms with Gasteiger partial charge in [0.15, 0.2) is 0 Å². The summed E-state index contributed by atoms with van der Waals surface area (Å²) in [6.45, 7) is 0. The van der Waals surface area contributed by atoms with Crippen LogP contribution in [0.2, 0.25) is 0 Å². The highest BCUT2D eigenvalue weighted by molar-refractivity contribution is 5.67. The van der Waals surface area contributed by atoms with Gasteiger partial charge < -0.3 is 9.84 Å². The molecule has 0 saturated heterocycles. The van der Waals surface area contributed by atoms with Gasteiger partial charge in [-0.2, -0.15) is 5.26 Å². The van der Waals surface area contributed by atoms with Gasteiger partial charge in [0.05, 0.1) is 18.7 Å². The van der Waals surface area contributed by atoms with Crippen LogP contribution in [0.25, 0.3) is 0 Å². The molecule has 15 heavy (non-hydrogen) atoms. The number of nitrogens with zero attached hydrogens (tertiary/aromatic N) is 1. The summed E-state index contributed by atoms with van der Waals surface area (Å²) >= 11 is 0. The minimum atomic E-state index is -0.862. The molecule has 0 bridgehead atoms. The highest BCUT2D eigenvalue weighted by Gasteiger charge is 2.06. The molecule has 0 heterocycles. The molecule has 1 aromatic rings. The van der Waals surface area contributed by atoms with Crippen LogP contribution in [-0.2, 0) is 11.2 Å². The SMILES string of the molecule is COc1ccc(C#N)cc1CCC(=O)O. The smallest absolute Gasteiger partial charge is 0.303 e. The number of benzene rings is 1. The van der Waals surface area contributed by atoms with Gasteiger partial charge in [-0.15, -0.1) is 0 Å². The van der Waals surface area contributed by atoms with E-state index >= 15 is 0 Å². The molecule has 1 N–H and O–H groups in total. The number of carboxylic acids is 1. The number of carboxylic acid groups (broad SMARTS) is 1. The minimum absolute atomic E-state index is 0.0330. The fourth-order valence-corrected chi connectivity index (χ4v) is 1.29. The van der Waals surface area contributed by atoms with Gasteiger partial charge in [0.1, 0.15) is 5.75 Å². The van der Waals surface area contributed by atoms with Crippen LogP contribution in [0.5, 0.6) is 5.75 Å². The van der Waals surface area contributed by atoms with Crippen molar-refractivity contribution in [3.05, 3.63) is 29.3 Å². The van der Waals surface area contributed by atoms with Crippen molar-refractivity contribution in [1.82, 2.24) is 0 Å². The molecule has 0 amide bonds. The summed E-state index contributed by atoms with van der Waals surface area (Å²) in [6.07, 6.45) is 0.402. The molecular weight excluding hydrogens is 194 g/mol. The quantitative estimate of drug-likeness (QED) is 0.810. The number of hydrogen-bond donors (Lipinski definition) is 1. The standard InChI is InChI=1S/C11H11NO3/c1-15-10-4-2-8(7-12)6-9(10)3-5-11(13)14/h2,4,6H,3,5H2,1H3,(H,13,14). The number of aliphatic carboxylic acids is 1. The predicted octanol–water partition coefficient (Wildman–Crippen LogP) is 1.58. The third-order valence-corrected chi connectivity index (χ3v) is 2.02. The van der Waals surface area contributed by atoms with E-state index in [-0.39, 0.29) is 6.42 Å². The van der Waals surface area contributed by atoms with Gasteiger partial charge in [-0.1, -0.05) is 0 Å². The summed E-state index contributed by atoms with van der Waals surface area (Å²) in [7, 11) is 1.52. The molecule has 78 valence electrons. The fourth-order valence-electron chi connectivity index (χ4n) is 1.29. The summed E-state index contributed by atoms with van der Waals surface area (Å²) in [5.74, 6) is -0.241. The Bertz CT molecular complexity index is 407. The first-order valence-electron chi connectivity index (χ1n) is 4.46. The number of ether oxygens (including phenoxy) is 1. The lowest BCUT2D eigenvalue weighted by Crippen LogP contribution is -1.99. The minimum Gasteiger partial charge on any atom is -0.496 e. The van der Waals surface area contributed by atoms with Crippen LogP contribution in [0.15, 0.2) is 18.2 Å². The highest BCUT2D eigenvalue weighted by atomic mass is 16.5. The second-order valence-electron chi connectivity index (χ2n) is 3.03. The molecule has 0 aliphatic carbocycles. The number of nitriles is 1. The monoisotopic (exact) mass is 205 g/mol. The summed E-state index contributed by atoms with van der Waals surface area (Å²) in [4.78, 5) is 10.4. The Hall–Kier alpha value is -2.02. The average Bonchev–Trinajstić information content (AvgIpc) is 2.25. The zero-order valence-electron chi connectivity index (χ0n) is 8.36. The summed E-state index contributed by atoms with van der Waals surface area (Å²) in [6, 6.07) is 6.98. The van der Waals surface area contributed by atoms with Crippen molar-refractivity contribution in [1.29, 1.82) is 5.26 Å². The Balaban J connectivity index is 2.92. The van der Waals surface area contributed by atoms with E-state index in [1.165, 1.54) is 7.11 Å². The van der Waals surface area contributed by atoms with Crippen molar-refractivity contribution in [2.24, 2.45) is 0 Å². The third kappa shape index (κ3) is 2.99. The van der Waals surface area contributed by atoms with E-state index in [1.807, 2.05) is 6.07 Å². The molecule has 4 nitrogen and oxygen atoms in total. The zero-order valence-corrected chi connectivity index (χ0v) is 8.36. The number of hydrogen-bond acceptors (Lipinski definition) is 3. The number of rotatable bonds is 4. The lowest BCUT2D eigenvalue weighted by Gasteiger charge is -2.07. The Morgan fingerprint density at radius 1 is 1.60 bits per heavy atom. The summed E-state index contributed by atoms with van der Waals surface area (Å²) in [5, 5.41) is 17.3. The maximum absolute atomic E-state index is 10.4. The van der Waals surface area contributed by atoms with Gasteiger partial charge in [-0.25, -0.2) is 0 Å². The first-order chi connectivity index (χ1) is 7.17. The molecule has 0 spiro atoms. The van der Waals surface area contributed by atoms with Gasteiger partial charge in [0.2, 0.25) is 0 Å². The maximum Gasteiger partial charge on any atom is 0.303 e. The number of aryl methyl sites for hydroxylation is 1. The first kappa shape index (κ1) is 11.1. The van der Waals surface area contributed by atoms with Crippen LogP contribution in [0.3, 0.4) is 0 Å². The van der Waals surface area contributed by atoms with Gasteiger partial charge >= 0.3 is 5.97 Å². The molecule has 1 rings (SSSR count). The zero-order chi connectivity index (χ0) is 11.3. The van der Waals surface area contributed by atoms with Crippen LogP contribution in [0.4, 0.5) is 0 Å². The maximum atomic E-state index is 10.4. The van der Waals surface area contributed by atoms with Crippen LogP contribution >= 0.6 is 0 Å². The Morgan fingerprint density at radius 2 is 2.33 bits per heavy atom. The number of methoxy groups -OCH3 is 1. The summed E-state index contributed by atoms with van der Waals surface area (Å²) < 4.78 is 5.07. The molecule has 0 fully saturated rings. The van der Waals surface area contributed by atoms with Crippen molar-refractivity contribution in [2.45, 2.75) is 12.8 Å². The number of carbonyl (C=O) groups is 1. The summed E-state index contributed by atoms with van der Waals surface area (Å²) in [5.41, 5.74) is 1.26. The average molecular weight is 205 g/mol. The van der Waals surface area contributed by atoms with E-state index in [0.717, 1.165) is 5.56 Å². The predicted molar refractivity (Wildman–Crippen MR) is 53.7 cm³/mol. The Kier molecular flexibility index (Phi) is 3.69. The van der Waals surface area contributed by atoms with Crippen molar-refractivity contribution < 1.29 is 14.6 Å². The van der Waals surface area contributed by atoms with E-state index in [4.69, 9.17) is 15.1 Å². The second kappa shape index (κ2) is 5.01. The van der Waals surface area contributed by atoms with E-state index in [9.17, 15) is 4.79 Å². The second-order valence-corrected chi connectivity index (χ2v) is 3.03. The molecule has 4 heteroatoms. The van der Waals surface area contributed by atoms with Crippen LogP contribution < -0.4 is 4.74 Å². The van der Waals surface area contributed by atoms with Gasteiger partial charge in [0.25, 0.3) is 0 Å². The topological polar surface area (TPSA) is 70.3 Å². The van der Waals surface area contributed by atoms with Crippen molar-refractivity contribution >= 4 is 5.97 Å². The van der Waals surface area contributed by atoms with Crippen molar-refractivity contribution in [3.63, 3.8) is 0 Å². The Morgan fingerprint density at radius 3 is 2.87 bits per heavy atom.